The number of aryl methyl sites for hydroxylation is 2. The lowest BCUT2D eigenvalue weighted by Crippen LogP contribution is -2.61. The van der Waals surface area contributed by atoms with Crippen LogP contribution in [0.5, 0.6) is 5.75 Å². The van der Waals surface area contributed by atoms with Crippen molar-refractivity contribution in [1.29, 1.82) is 0 Å². The van der Waals surface area contributed by atoms with Crippen LogP contribution in [0.15, 0.2) is 84.4 Å². The van der Waals surface area contributed by atoms with E-state index in [1.54, 1.807) is 74.5 Å². The number of phenolic OH excluding ortho intramolecular Hbond substituents is 1. The van der Waals surface area contributed by atoms with Crippen LogP contribution in [-0.2, 0) is 105 Å². The van der Waals surface area contributed by atoms with Crippen molar-refractivity contribution in [2.24, 2.45) is 35.5 Å². The molecule has 1 aromatic carbocycles. The van der Waals surface area contributed by atoms with E-state index in [2.05, 4.69) is 35.9 Å². The number of amides is 3. The van der Waals surface area contributed by atoms with Gasteiger partial charge in [-0.25, -0.2) is 28.9 Å². The van der Waals surface area contributed by atoms with Gasteiger partial charge >= 0.3 is 12.1 Å². The molecule has 34 nitrogen and oxygen atoms in total. The monoisotopic (exact) mass is 1730 g/mol. The summed E-state index contributed by atoms with van der Waals surface area (Å²) in [5.41, 5.74) is 11.0. The number of carbonyl (C=O) groups excluding carboxylic acids is 7. The fraction of sp³-hybridized carbons (Fsp3) is 0.667. The zero-order valence-electron chi connectivity index (χ0n) is 74.0. The number of aliphatic hydroxyl groups excluding tert-OH is 1. The number of aromatic nitrogens is 8. The number of anilines is 1. The number of rotatable bonds is 39. The van der Waals surface area contributed by atoms with Gasteiger partial charge in [0.05, 0.1) is 134 Å². The number of nitrogen functional groups attached to an aromatic ring is 1. The fourth-order valence-corrected chi connectivity index (χ4v) is 16.5. The number of aromatic amines is 1. The lowest BCUT2D eigenvalue weighted by atomic mass is 9.78. The van der Waals surface area contributed by atoms with Crippen molar-refractivity contribution < 1.29 is 106 Å². The number of hydrogen-bond acceptors (Lipinski definition) is 28. The molecule has 15 atom stereocenters. The van der Waals surface area contributed by atoms with Gasteiger partial charge in [-0.2, -0.15) is 5.10 Å². The lowest BCUT2D eigenvalue weighted by Gasteiger charge is -2.43. The molecule has 8 N–H and O–H groups in total. The van der Waals surface area contributed by atoms with Gasteiger partial charge in [0.25, 0.3) is 11.7 Å². The first-order valence-electron chi connectivity index (χ1n) is 44.1. The molecule has 3 fully saturated rings. The van der Waals surface area contributed by atoms with E-state index in [9.17, 15) is 48.9 Å². The van der Waals surface area contributed by atoms with E-state index in [1.165, 1.54) is 25.4 Å². The Bertz CT molecular complexity index is 4330. The molecule has 2 saturated heterocycles. The molecule has 34 heteroatoms. The molecule has 1 aliphatic carbocycles. The highest BCUT2D eigenvalue weighted by Gasteiger charge is 2.53. The second-order valence-corrected chi connectivity index (χ2v) is 33.3. The maximum Gasteiger partial charge on any atom is 0.407 e. The molecule has 5 aromatic rings. The van der Waals surface area contributed by atoms with Crippen molar-refractivity contribution in [2.75, 3.05) is 126 Å². The number of nitrogens with one attached hydrogen (secondary N) is 3. The first-order chi connectivity index (χ1) is 59.8. The zero-order valence-corrected chi connectivity index (χ0v) is 74.0. The average molecular weight is 1740 g/mol. The summed E-state index contributed by atoms with van der Waals surface area (Å²) in [5, 5.41) is 54.6. The van der Waals surface area contributed by atoms with Gasteiger partial charge in [-0.05, 0) is 164 Å². The Labute approximate surface area is 727 Å². The third-order valence-electron chi connectivity index (χ3n) is 23.8. The fourth-order valence-electron chi connectivity index (χ4n) is 16.5. The highest BCUT2D eigenvalue weighted by molar-refractivity contribution is 6.39. The topological polar surface area (TPSA) is 434 Å². The van der Waals surface area contributed by atoms with Crippen molar-refractivity contribution in [2.45, 2.75) is 232 Å². The molecule has 4 aliphatic rings. The van der Waals surface area contributed by atoms with Gasteiger partial charge in [0.1, 0.15) is 53.7 Å². The smallest absolute Gasteiger partial charge is 0.407 e. The van der Waals surface area contributed by atoms with Gasteiger partial charge in [0.2, 0.25) is 11.7 Å². The Kier molecular flexibility index (Phi) is 40.8. The quantitative estimate of drug-likeness (QED) is 0.00833. The van der Waals surface area contributed by atoms with Crippen LogP contribution in [0.25, 0.3) is 33.3 Å². The average Bonchev–Trinajstić information content (AvgIpc) is 1.57. The molecule has 686 valence electrons. The first-order valence-corrected chi connectivity index (χ1v) is 44.1. The molecule has 4 aromatic heterocycles. The van der Waals surface area contributed by atoms with Crippen LogP contribution in [0.1, 0.15) is 163 Å². The number of piperidine rings is 1. The van der Waals surface area contributed by atoms with Crippen molar-refractivity contribution in [3.63, 3.8) is 0 Å². The van der Waals surface area contributed by atoms with E-state index in [0.717, 1.165) is 60.8 Å². The normalized spacial score (nSPS) is 26.8. The number of aromatic hydroxyl groups is 1. The van der Waals surface area contributed by atoms with Crippen LogP contribution in [0, 0.1) is 35.5 Å². The predicted octanol–water partition coefficient (Wildman–Crippen LogP) is 9.19. The predicted molar refractivity (Wildman–Crippen MR) is 461 cm³/mol. The Morgan fingerprint density at radius 1 is 0.766 bits per heavy atom. The summed E-state index contributed by atoms with van der Waals surface area (Å²) >= 11 is 0. The molecule has 0 spiro atoms. The number of methoxy groups -OCH3 is 3. The van der Waals surface area contributed by atoms with Crippen LogP contribution in [-0.4, -0.2) is 276 Å². The highest BCUT2D eigenvalue weighted by atomic mass is 16.6. The molecule has 2 bridgehead atoms. The van der Waals surface area contributed by atoms with Crippen LogP contribution >= 0.6 is 0 Å². The number of ketones is 3. The number of fused-ring (bicyclic) bond motifs is 5. The molecule has 3 aliphatic heterocycles. The standard InChI is InChI=1S/C90H134N12O22/c1-58-20-12-11-13-21-59(2)71(96-89(111)115-10)54-69-27-24-64(7)90(112,124-69)84(108)87(109)101-32-17-14-23-73(101)88(110)123-76(55-74(104)60(3)49-63(6)82(107)83(114-9)81(106)62(5)48-58)61(4)50-65-25-29-75(77(51-65)113-8)122-35-19-15-22-67-56-100(99-97-67)34-37-117-39-41-119-43-45-121-47-46-120-44-42-118-40-38-116-36-30-78(105)92-31-16-18-33-102-86-79(85(91)93-57-94-86)80(98-102)72-53-66-52-68(103)26-28-70(66)95-72/h11-13,20-21,26,28,49,52-53,56-58,60-62,64-65,69,71,73,75-77,82-83,95,103,107,112H,14-19,22-25,27,29-48,50-51,54-55H2,1-10H3,(H,92,105)(H,96,111)(H2,91,93,94)/b13-11+,20-12+,59-21+,63-49+/t58-,60-,61-,62-,64-,65+,69+,71+,73+,75-,76+,77-,82-,83+,90-/m1/s1. The van der Waals surface area contributed by atoms with Crippen molar-refractivity contribution in [3.8, 4) is 17.1 Å². The number of esters is 1. The van der Waals surface area contributed by atoms with E-state index in [1.807, 2.05) is 57.3 Å². The van der Waals surface area contributed by atoms with Crippen LogP contribution < -0.4 is 16.4 Å². The first kappa shape index (κ1) is 99.0. The van der Waals surface area contributed by atoms with E-state index in [4.69, 9.17) is 67.7 Å². The maximum atomic E-state index is 14.8. The number of cyclic esters (lactones) is 1. The number of nitrogens with two attached hydrogens (primary N) is 1. The minimum atomic E-state index is -2.56. The number of allylic oxidation sites excluding steroid dienone is 6. The number of unbranched alkanes of at least 4 members (excludes halogenated alkanes) is 2. The summed E-state index contributed by atoms with van der Waals surface area (Å²) in [6, 6.07) is 5.12. The number of aliphatic hydroxyl groups is 2. The molecule has 0 unspecified atom stereocenters. The van der Waals surface area contributed by atoms with E-state index in [-0.39, 0.29) is 86.1 Å². The Morgan fingerprint density at radius 2 is 1.48 bits per heavy atom. The SMILES string of the molecule is COC(=O)N[C@H]1C[C@@H]2CC[C@@H](C)[C@@](O)(O2)C(=O)C(=O)N2CCCC[C@H]2C(=O)O[C@H]([C@H](C)C[C@@H]2CC[C@@H](OCCCCc3cn(CCOCCOCCOCCOCCOCCOCCC(=O)NCCCCn4nc(-c5cc6cc(O)ccc6[nH]5)c5c(N)ncnc54)nn3)[C@H](OC)C2)CC(=O)[C@H](C)/C=C(\C)[C@@H](O)[C@@H](OC)C(=O)[C@H](C)C[C@H](C)/C=C/C=C/C=C/1C. The number of hydrogen-bond donors (Lipinski definition) is 7. The summed E-state index contributed by atoms with van der Waals surface area (Å²) in [4.78, 5) is 111. The van der Waals surface area contributed by atoms with Crippen LogP contribution in [0.3, 0.4) is 0 Å². The number of ether oxygens (including phenoxy) is 12. The summed E-state index contributed by atoms with van der Waals surface area (Å²) < 4.78 is 73.3. The molecular weight excluding hydrogens is 1600 g/mol. The van der Waals surface area contributed by atoms with Crippen LogP contribution in [0.4, 0.5) is 10.6 Å². The van der Waals surface area contributed by atoms with Gasteiger partial charge in [-0.15, -0.1) is 5.10 Å². The Balaban J connectivity index is 0.630. The molecule has 9 rings (SSSR count). The number of H-pyrrole nitrogens is 1. The molecular formula is C90H134N12O22. The molecule has 1 saturated carbocycles. The van der Waals surface area contributed by atoms with Gasteiger partial charge < -0.3 is 98.4 Å². The number of carbonyl (C=O) groups is 7. The number of Topliss-reactive ketones (excluding diaryl/α,β-unsaturated/α-hetero) is 3. The number of alkyl carbamates (subject to hydrolysis) is 1. The third kappa shape index (κ3) is 29.9. The largest absolute Gasteiger partial charge is 0.508 e. The lowest BCUT2D eigenvalue weighted by molar-refractivity contribution is -0.264. The van der Waals surface area contributed by atoms with Crippen molar-refractivity contribution in [3.05, 3.63) is 90.1 Å². The second kappa shape index (κ2) is 51.1. The Hall–Kier alpha value is -8.78. The number of benzene rings is 1. The van der Waals surface area contributed by atoms with E-state index in [0.29, 0.717) is 184 Å². The van der Waals surface area contributed by atoms with Gasteiger partial charge in [0, 0.05) is 88.2 Å². The number of phenols is 1. The third-order valence-corrected chi connectivity index (χ3v) is 23.8. The van der Waals surface area contributed by atoms with Gasteiger partial charge in [0.15, 0.2) is 11.4 Å². The Morgan fingerprint density at radius 3 is 2.19 bits per heavy atom. The summed E-state index contributed by atoms with van der Waals surface area (Å²) in [7, 11) is 4.28. The maximum absolute atomic E-state index is 14.8. The second-order valence-electron chi connectivity index (χ2n) is 33.3. The van der Waals surface area contributed by atoms with Gasteiger partial charge in [-0.1, -0.05) is 81.9 Å². The molecule has 124 heavy (non-hydrogen) atoms. The highest BCUT2D eigenvalue weighted by Crippen LogP contribution is 2.39. The summed E-state index contributed by atoms with van der Waals surface area (Å²) in [6.07, 6.45) is 17.7. The molecule has 7 heterocycles. The van der Waals surface area contributed by atoms with Crippen molar-refractivity contribution >= 4 is 69.0 Å². The molecule has 0 radical (unpaired) electrons. The minimum absolute atomic E-state index is 0.0252. The summed E-state index contributed by atoms with van der Waals surface area (Å²) in [5.74, 6) is -8.32. The summed E-state index contributed by atoms with van der Waals surface area (Å²) in [6.45, 7) is 19.4. The van der Waals surface area contributed by atoms with E-state index < -0.39 is 89.7 Å². The minimum Gasteiger partial charge on any atom is -0.508 e. The zero-order chi connectivity index (χ0) is 89.1. The van der Waals surface area contributed by atoms with E-state index >= 15 is 0 Å². The number of nitrogens with zero attached hydrogens (tertiary/aromatic N) is 8. The molecule has 3 amide bonds. The van der Waals surface area contributed by atoms with Gasteiger partial charge in [-0.3, -0.25) is 24.0 Å². The van der Waals surface area contributed by atoms with Crippen LogP contribution in [0.2, 0.25) is 0 Å². The van der Waals surface area contributed by atoms with Crippen molar-refractivity contribution in [1.82, 2.24) is 55.3 Å².